The van der Waals surface area contributed by atoms with Gasteiger partial charge in [-0.25, -0.2) is 0 Å². The molecular weight excluding hydrogens is 186 g/mol. The number of para-hydroxylation sites is 1. The second-order valence-corrected chi connectivity index (χ2v) is 3.56. The van der Waals surface area contributed by atoms with E-state index in [1.54, 1.807) is 6.92 Å². The molecule has 2 nitrogen and oxygen atoms in total. The Morgan fingerprint density at radius 3 is 2.87 bits per heavy atom. The van der Waals surface area contributed by atoms with Crippen molar-refractivity contribution in [2.75, 3.05) is 0 Å². The molecule has 2 rings (SSSR count). The van der Waals surface area contributed by atoms with Gasteiger partial charge in [-0.2, -0.15) is 0 Å². The molecule has 2 aromatic rings. The van der Waals surface area contributed by atoms with Gasteiger partial charge in [0, 0.05) is 29.2 Å². The van der Waals surface area contributed by atoms with Crippen molar-refractivity contribution in [3.05, 3.63) is 48.7 Å². The summed E-state index contributed by atoms with van der Waals surface area (Å²) in [5.41, 5.74) is 1.87. The van der Waals surface area contributed by atoms with E-state index in [2.05, 4.69) is 6.58 Å². The molecule has 0 spiro atoms. The molecule has 0 aliphatic rings. The number of hydrogen-bond donors (Lipinski definition) is 0. The van der Waals surface area contributed by atoms with Crippen LogP contribution in [0.5, 0.6) is 0 Å². The zero-order valence-corrected chi connectivity index (χ0v) is 8.73. The van der Waals surface area contributed by atoms with Gasteiger partial charge < -0.3 is 4.57 Å². The summed E-state index contributed by atoms with van der Waals surface area (Å²) in [7, 11) is 0. The Kier molecular flexibility index (Phi) is 2.42. The van der Waals surface area contributed by atoms with Crippen molar-refractivity contribution in [2.24, 2.45) is 0 Å². The molecule has 0 N–H and O–H groups in total. The highest BCUT2D eigenvalue weighted by Crippen LogP contribution is 2.21. The molecule has 0 unspecified atom stereocenters. The van der Waals surface area contributed by atoms with Crippen LogP contribution in [0, 0.1) is 0 Å². The molecule has 1 aromatic carbocycles. The standard InChI is InChI=1S/C13H13NO/c1-3-8-14-9-12(10(2)15)11-6-4-5-7-13(11)14/h3-7,9H,1,8H2,2H3. The van der Waals surface area contributed by atoms with Crippen molar-refractivity contribution in [1.82, 2.24) is 4.57 Å². The predicted octanol–water partition coefficient (Wildman–Crippen LogP) is 3.03. The second-order valence-electron chi connectivity index (χ2n) is 3.56. The zero-order chi connectivity index (χ0) is 10.8. The fraction of sp³-hybridized carbons (Fsp3) is 0.154. The lowest BCUT2D eigenvalue weighted by Gasteiger charge is -1.98. The SMILES string of the molecule is C=CCn1cc(C(C)=O)c2ccccc21. The number of nitrogens with zero attached hydrogens (tertiary/aromatic N) is 1. The van der Waals surface area contributed by atoms with Crippen molar-refractivity contribution >= 4 is 16.7 Å². The number of ketones is 1. The number of carbonyl (C=O) groups is 1. The number of allylic oxidation sites excluding steroid dienone is 1. The zero-order valence-electron chi connectivity index (χ0n) is 8.73. The van der Waals surface area contributed by atoms with Crippen LogP contribution in [0.4, 0.5) is 0 Å². The smallest absolute Gasteiger partial charge is 0.161 e. The van der Waals surface area contributed by atoms with Gasteiger partial charge in [0.2, 0.25) is 0 Å². The van der Waals surface area contributed by atoms with Crippen LogP contribution < -0.4 is 0 Å². The summed E-state index contributed by atoms with van der Waals surface area (Å²) in [5, 5.41) is 1.02. The molecule has 0 fully saturated rings. The fourth-order valence-electron chi connectivity index (χ4n) is 1.82. The average molecular weight is 199 g/mol. The maximum absolute atomic E-state index is 11.4. The van der Waals surface area contributed by atoms with E-state index in [1.807, 2.05) is 41.1 Å². The number of aromatic nitrogens is 1. The maximum Gasteiger partial charge on any atom is 0.161 e. The maximum atomic E-state index is 11.4. The van der Waals surface area contributed by atoms with Gasteiger partial charge in [-0.15, -0.1) is 6.58 Å². The van der Waals surface area contributed by atoms with E-state index < -0.39 is 0 Å². The Morgan fingerprint density at radius 2 is 2.20 bits per heavy atom. The Labute approximate surface area is 88.8 Å². The minimum atomic E-state index is 0.106. The largest absolute Gasteiger partial charge is 0.343 e. The van der Waals surface area contributed by atoms with Crippen molar-refractivity contribution in [3.63, 3.8) is 0 Å². The normalized spacial score (nSPS) is 10.5. The minimum Gasteiger partial charge on any atom is -0.343 e. The highest BCUT2D eigenvalue weighted by molar-refractivity contribution is 6.06. The number of hydrogen-bond acceptors (Lipinski definition) is 1. The van der Waals surface area contributed by atoms with E-state index in [0.29, 0.717) is 0 Å². The lowest BCUT2D eigenvalue weighted by atomic mass is 10.1. The number of benzene rings is 1. The van der Waals surface area contributed by atoms with E-state index >= 15 is 0 Å². The molecule has 0 saturated heterocycles. The van der Waals surface area contributed by atoms with Gasteiger partial charge in [0.15, 0.2) is 5.78 Å². The molecule has 0 atom stereocenters. The van der Waals surface area contributed by atoms with Gasteiger partial charge in [0.25, 0.3) is 0 Å². The summed E-state index contributed by atoms with van der Waals surface area (Å²) in [5.74, 6) is 0.106. The first kappa shape index (κ1) is 9.71. The summed E-state index contributed by atoms with van der Waals surface area (Å²) in [6.45, 7) is 6.04. The van der Waals surface area contributed by atoms with Crippen LogP contribution >= 0.6 is 0 Å². The molecule has 76 valence electrons. The van der Waals surface area contributed by atoms with Gasteiger partial charge >= 0.3 is 0 Å². The summed E-state index contributed by atoms with van der Waals surface area (Å²) in [6.07, 6.45) is 3.73. The van der Waals surface area contributed by atoms with Crippen LogP contribution in [-0.4, -0.2) is 10.4 Å². The molecule has 0 aliphatic carbocycles. The number of carbonyl (C=O) groups excluding carboxylic acids is 1. The Hall–Kier alpha value is -1.83. The van der Waals surface area contributed by atoms with Crippen molar-refractivity contribution < 1.29 is 4.79 Å². The molecule has 0 amide bonds. The van der Waals surface area contributed by atoms with Crippen molar-refractivity contribution in [2.45, 2.75) is 13.5 Å². The van der Waals surface area contributed by atoms with E-state index in [-0.39, 0.29) is 5.78 Å². The Balaban J connectivity index is 2.72. The minimum absolute atomic E-state index is 0.106. The number of Topliss-reactive ketones (excluding diaryl/α,β-unsaturated/α-hetero) is 1. The molecule has 1 heterocycles. The lowest BCUT2D eigenvalue weighted by molar-refractivity contribution is 0.101. The van der Waals surface area contributed by atoms with Crippen molar-refractivity contribution in [3.8, 4) is 0 Å². The summed E-state index contributed by atoms with van der Waals surface area (Å²) >= 11 is 0. The first-order chi connectivity index (χ1) is 7.24. The monoisotopic (exact) mass is 199 g/mol. The fourth-order valence-corrected chi connectivity index (χ4v) is 1.82. The molecule has 0 aliphatic heterocycles. The summed E-state index contributed by atoms with van der Waals surface area (Å²) in [6, 6.07) is 7.93. The molecule has 0 bridgehead atoms. The Morgan fingerprint density at radius 1 is 1.47 bits per heavy atom. The van der Waals surface area contributed by atoms with E-state index in [9.17, 15) is 4.79 Å². The second kappa shape index (κ2) is 3.73. The van der Waals surface area contributed by atoms with Gasteiger partial charge in [0.1, 0.15) is 0 Å². The average Bonchev–Trinajstić information content (AvgIpc) is 2.59. The van der Waals surface area contributed by atoms with Gasteiger partial charge in [-0.05, 0) is 13.0 Å². The highest BCUT2D eigenvalue weighted by Gasteiger charge is 2.09. The van der Waals surface area contributed by atoms with E-state index in [0.717, 1.165) is 23.0 Å². The number of fused-ring (bicyclic) bond motifs is 1. The summed E-state index contributed by atoms with van der Waals surface area (Å²) < 4.78 is 2.04. The topological polar surface area (TPSA) is 22.0 Å². The van der Waals surface area contributed by atoms with Crippen LogP contribution in [0.1, 0.15) is 17.3 Å². The summed E-state index contributed by atoms with van der Waals surface area (Å²) in [4.78, 5) is 11.4. The van der Waals surface area contributed by atoms with E-state index in [4.69, 9.17) is 0 Å². The third-order valence-corrected chi connectivity index (χ3v) is 2.49. The first-order valence-electron chi connectivity index (χ1n) is 4.93. The first-order valence-corrected chi connectivity index (χ1v) is 4.93. The van der Waals surface area contributed by atoms with Crippen LogP contribution in [-0.2, 0) is 6.54 Å². The van der Waals surface area contributed by atoms with Crippen LogP contribution in [0.15, 0.2) is 43.1 Å². The Bertz CT molecular complexity index is 522. The quantitative estimate of drug-likeness (QED) is 0.550. The molecule has 0 radical (unpaired) electrons. The van der Waals surface area contributed by atoms with Gasteiger partial charge in [0.05, 0.1) is 0 Å². The molecule has 15 heavy (non-hydrogen) atoms. The molecule has 1 aromatic heterocycles. The third-order valence-electron chi connectivity index (χ3n) is 2.49. The molecular formula is C13H13NO. The lowest BCUT2D eigenvalue weighted by Crippen LogP contribution is -1.92. The predicted molar refractivity (Wildman–Crippen MR) is 62.1 cm³/mol. The number of rotatable bonds is 3. The molecule has 0 saturated carbocycles. The van der Waals surface area contributed by atoms with Crippen molar-refractivity contribution in [1.29, 1.82) is 0 Å². The third kappa shape index (κ3) is 1.59. The van der Waals surface area contributed by atoms with Gasteiger partial charge in [-0.1, -0.05) is 24.3 Å². The molecule has 2 heteroatoms. The van der Waals surface area contributed by atoms with Crippen LogP contribution in [0.3, 0.4) is 0 Å². The van der Waals surface area contributed by atoms with Crippen LogP contribution in [0.25, 0.3) is 10.9 Å². The highest BCUT2D eigenvalue weighted by atomic mass is 16.1. The van der Waals surface area contributed by atoms with Crippen LogP contribution in [0.2, 0.25) is 0 Å². The van der Waals surface area contributed by atoms with Gasteiger partial charge in [-0.3, -0.25) is 4.79 Å². The van der Waals surface area contributed by atoms with E-state index in [1.165, 1.54) is 0 Å².